The average molecular weight is 449 g/mol. The summed E-state index contributed by atoms with van der Waals surface area (Å²) in [6, 6.07) is 16.6. The smallest absolute Gasteiger partial charge is 0.322 e. The number of hydrogen-bond donors (Lipinski definition) is 1. The highest BCUT2D eigenvalue weighted by atomic mass is 19.4. The molecular weight excluding hydrogens is 431 g/mol. The Morgan fingerprint density at radius 2 is 1.76 bits per heavy atom. The van der Waals surface area contributed by atoms with Crippen molar-refractivity contribution in [1.29, 1.82) is 0 Å². The first-order chi connectivity index (χ1) is 15.8. The van der Waals surface area contributed by atoms with Gasteiger partial charge in [0.05, 0.1) is 11.3 Å². The Balaban J connectivity index is 1.48. The second kappa shape index (κ2) is 9.07. The van der Waals surface area contributed by atoms with Crippen LogP contribution in [0.25, 0.3) is 11.3 Å². The summed E-state index contributed by atoms with van der Waals surface area (Å²) in [7, 11) is 1.80. The van der Waals surface area contributed by atoms with Crippen LogP contribution in [0.15, 0.2) is 85.3 Å². The van der Waals surface area contributed by atoms with Crippen LogP contribution in [0.1, 0.15) is 15.9 Å². The van der Waals surface area contributed by atoms with Crippen LogP contribution >= 0.6 is 0 Å². The summed E-state index contributed by atoms with van der Waals surface area (Å²) in [6.45, 7) is 0. The van der Waals surface area contributed by atoms with E-state index in [-0.39, 0.29) is 5.56 Å². The fourth-order valence-corrected chi connectivity index (χ4v) is 3.11. The number of benzene rings is 2. The number of amides is 1. The predicted molar refractivity (Wildman–Crippen MR) is 119 cm³/mol. The van der Waals surface area contributed by atoms with E-state index in [1.165, 1.54) is 12.1 Å². The second-order valence-corrected chi connectivity index (χ2v) is 7.12. The predicted octanol–water partition coefficient (Wildman–Crippen LogP) is 5.58. The molecule has 2 aromatic heterocycles. The quantitative estimate of drug-likeness (QED) is 0.431. The lowest BCUT2D eigenvalue weighted by Gasteiger charge is -2.18. The summed E-state index contributed by atoms with van der Waals surface area (Å²) >= 11 is 0. The maximum Gasteiger partial charge on any atom is 0.416 e. The van der Waals surface area contributed by atoms with Gasteiger partial charge < -0.3 is 10.2 Å². The standard InChI is InChI=1S/C24H18F3N5O/c1-32(23-29-13-11-21(31-23)17-5-3-12-28-15-17)20-9-7-19(8-10-20)30-22(33)16-4-2-6-18(14-16)24(25,26)27/h2-15H,1H3,(H,30,33). The highest BCUT2D eigenvalue weighted by Gasteiger charge is 2.30. The molecule has 33 heavy (non-hydrogen) atoms. The topological polar surface area (TPSA) is 71.0 Å². The fraction of sp³-hybridized carbons (Fsp3) is 0.0833. The van der Waals surface area contributed by atoms with Gasteiger partial charge in [-0.1, -0.05) is 6.07 Å². The van der Waals surface area contributed by atoms with Crippen LogP contribution in [-0.2, 0) is 6.18 Å². The molecule has 0 fully saturated rings. The van der Waals surface area contributed by atoms with E-state index in [0.717, 1.165) is 29.1 Å². The Morgan fingerprint density at radius 3 is 2.45 bits per heavy atom. The first-order valence-corrected chi connectivity index (χ1v) is 9.87. The minimum atomic E-state index is -4.51. The van der Waals surface area contributed by atoms with Crippen molar-refractivity contribution >= 4 is 23.2 Å². The first-order valence-electron chi connectivity index (χ1n) is 9.87. The largest absolute Gasteiger partial charge is 0.416 e. The Hall–Kier alpha value is -4.27. The summed E-state index contributed by atoms with van der Waals surface area (Å²) in [5.74, 6) is -0.160. The maximum atomic E-state index is 12.9. The van der Waals surface area contributed by atoms with Crippen molar-refractivity contribution < 1.29 is 18.0 Å². The molecule has 0 aliphatic heterocycles. The Kier molecular flexibility index (Phi) is 6.03. The molecule has 4 aromatic rings. The van der Waals surface area contributed by atoms with E-state index >= 15 is 0 Å². The van der Waals surface area contributed by atoms with Gasteiger partial charge in [-0.3, -0.25) is 9.78 Å². The number of halogens is 3. The third-order valence-electron chi connectivity index (χ3n) is 4.86. The zero-order valence-electron chi connectivity index (χ0n) is 17.4. The normalized spacial score (nSPS) is 11.2. The molecule has 0 unspecified atom stereocenters. The minimum Gasteiger partial charge on any atom is -0.322 e. The van der Waals surface area contributed by atoms with Crippen LogP contribution in [-0.4, -0.2) is 27.9 Å². The van der Waals surface area contributed by atoms with Crippen molar-refractivity contribution in [3.05, 3.63) is 96.4 Å². The lowest BCUT2D eigenvalue weighted by molar-refractivity contribution is -0.137. The van der Waals surface area contributed by atoms with E-state index in [1.807, 2.05) is 12.1 Å². The molecule has 2 aromatic carbocycles. The van der Waals surface area contributed by atoms with E-state index in [4.69, 9.17) is 0 Å². The van der Waals surface area contributed by atoms with Crippen molar-refractivity contribution in [2.24, 2.45) is 0 Å². The zero-order chi connectivity index (χ0) is 23.4. The van der Waals surface area contributed by atoms with Crippen molar-refractivity contribution in [2.75, 3.05) is 17.3 Å². The third kappa shape index (κ3) is 5.15. The molecular formula is C24H18F3N5O. The Morgan fingerprint density at radius 1 is 0.970 bits per heavy atom. The summed E-state index contributed by atoms with van der Waals surface area (Å²) in [6.07, 6.45) is 0.544. The van der Waals surface area contributed by atoms with Gasteiger partial charge in [-0.25, -0.2) is 9.97 Å². The SMILES string of the molecule is CN(c1ccc(NC(=O)c2cccc(C(F)(F)F)c2)cc1)c1nccc(-c2cccnc2)n1. The third-order valence-corrected chi connectivity index (χ3v) is 4.86. The molecule has 0 saturated carbocycles. The number of carbonyl (C=O) groups excluding carboxylic acids is 1. The van der Waals surface area contributed by atoms with Gasteiger partial charge in [-0.05, 0) is 60.7 Å². The van der Waals surface area contributed by atoms with Crippen LogP contribution in [0.5, 0.6) is 0 Å². The van der Waals surface area contributed by atoms with Gasteiger partial charge in [0.15, 0.2) is 0 Å². The number of anilines is 3. The molecule has 6 nitrogen and oxygen atoms in total. The lowest BCUT2D eigenvalue weighted by Crippen LogP contribution is -2.15. The molecule has 0 bridgehead atoms. The van der Waals surface area contributed by atoms with Crippen LogP contribution in [0, 0.1) is 0 Å². The Labute approximate surface area is 187 Å². The number of hydrogen-bond acceptors (Lipinski definition) is 5. The Bertz CT molecular complexity index is 1260. The summed E-state index contributed by atoms with van der Waals surface area (Å²) in [5.41, 5.74) is 1.84. The summed E-state index contributed by atoms with van der Waals surface area (Å²) < 4.78 is 38.7. The summed E-state index contributed by atoms with van der Waals surface area (Å²) in [5, 5.41) is 2.61. The first kappa shape index (κ1) is 21.9. The number of carbonyl (C=O) groups is 1. The molecule has 0 radical (unpaired) electrons. The molecule has 166 valence electrons. The molecule has 2 heterocycles. The monoisotopic (exact) mass is 449 g/mol. The number of rotatable bonds is 5. The van der Waals surface area contributed by atoms with Crippen LogP contribution < -0.4 is 10.2 Å². The number of aromatic nitrogens is 3. The molecule has 9 heteroatoms. The maximum absolute atomic E-state index is 12.9. The molecule has 1 N–H and O–H groups in total. The lowest BCUT2D eigenvalue weighted by atomic mass is 10.1. The van der Waals surface area contributed by atoms with Crippen molar-refractivity contribution in [2.45, 2.75) is 6.18 Å². The number of nitrogens with one attached hydrogen (secondary N) is 1. The van der Waals surface area contributed by atoms with Gasteiger partial charge in [0.1, 0.15) is 0 Å². The van der Waals surface area contributed by atoms with Gasteiger partial charge in [0.25, 0.3) is 5.91 Å². The van der Waals surface area contributed by atoms with E-state index < -0.39 is 17.6 Å². The van der Waals surface area contributed by atoms with Crippen LogP contribution in [0.3, 0.4) is 0 Å². The number of alkyl halides is 3. The average Bonchev–Trinajstić information content (AvgIpc) is 2.84. The molecule has 0 spiro atoms. The van der Waals surface area contributed by atoms with E-state index in [9.17, 15) is 18.0 Å². The van der Waals surface area contributed by atoms with Crippen LogP contribution in [0.4, 0.5) is 30.5 Å². The highest BCUT2D eigenvalue weighted by molar-refractivity contribution is 6.04. The summed E-state index contributed by atoms with van der Waals surface area (Å²) in [4.78, 5) is 27.2. The van der Waals surface area contributed by atoms with Crippen molar-refractivity contribution in [3.8, 4) is 11.3 Å². The second-order valence-electron chi connectivity index (χ2n) is 7.12. The fourth-order valence-electron chi connectivity index (χ4n) is 3.11. The van der Waals surface area contributed by atoms with E-state index in [0.29, 0.717) is 11.6 Å². The van der Waals surface area contributed by atoms with Crippen LogP contribution in [0.2, 0.25) is 0 Å². The van der Waals surface area contributed by atoms with Gasteiger partial charge in [-0.2, -0.15) is 13.2 Å². The van der Waals surface area contributed by atoms with Gasteiger partial charge in [0.2, 0.25) is 5.95 Å². The number of pyridine rings is 1. The van der Waals surface area contributed by atoms with Gasteiger partial charge in [-0.15, -0.1) is 0 Å². The molecule has 0 aliphatic rings. The van der Waals surface area contributed by atoms with Gasteiger partial charge in [0, 0.05) is 48.1 Å². The van der Waals surface area contributed by atoms with Crippen molar-refractivity contribution in [1.82, 2.24) is 15.0 Å². The van der Waals surface area contributed by atoms with Gasteiger partial charge >= 0.3 is 6.18 Å². The van der Waals surface area contributed by atoms with E-state index in [2.05, 4.69) is 20.3 Å². The molecule has 1 amide bonds. The minimum absolute atomic E-state index is 0.0772. The molecule has 0 atom stereocenters. The zero-order valence-corrected chi connectivity index (χ0v) is 17.4. The molecule has 4 rings (SSSR count). The van der Waals surface area contributed by atoms with E-state index in [1.54, 1.807) is 60.9 Å². The van der Waals surface area contributed by atoms with Crippen molar-refractivity contribution in [3.63, 3.8) is 0 Å². The highest BCUT2D eigenvalue weighted by Crippen LogP contribution is 2.30. The molecule has 0 aliphatic carbocycles. The molecule has 0 saturated heterocycles. The number of nitrogens with zero attached hydrogens (tertiary/aromatic N) is 4.